The molecule has 0 aromatic carbocycles. The molecule has 2 N–H and O–H groups in total. The maximum absolute atomic E-state index is 11.4. The first kappa shape index (κ1) is 11.5. The molecule has 96 valence electrons. The molecule has 2 aromatic rings. The maximum atomic E-state index is 11.4. The summed E-state index contributed by atoms with van der Waals surface area (Å²) in [5, 5.41) is 0. The maximum Gasteiger partial charge on any atom is 0.150 e. The molecule has 0 aliphatic carbocycles. The van der Waals surface area contributed by atoms with Gasteiger partial charge in [0.05, 0.1) is 17.2 Å². The van der Waals surface area contributed by atoms with Gasteiger partial charge in [0.1, 0.15) is 5.65 Å². The van der Waals surface area contributed by atoms with Crippen LogP contribution in [0.4, 0.5) is 5.69 Å². The third-order valence-electron chi connectivity index (χ3n) is 3.35. The van der Waals surface area contributed by atoms with E-state index >= 15 is 0 Å². The van der Waals surface area contributed by atoms with Crippen LogP contribution in [0.25, 0.3) is 5.65 Å². The average molecular weight is 265 g/mol. The second-order valence-corrected chi connectivity index (χ2v) is 7.16. The van der Waals surface area contributed by atoms with Gasteiger partial charge in [-0.1, -0.05) is 0 Å². The Kier molecular flexibility index (Phi) is 2.55. The van der Waals surface area contributed by atoms with E-state index in [9.17, 15) is 8.42 Å². The van der Waals surface area contributed by atoms with E-state index < -0.39 is 9.84 Å². The number of pyridine rings is 1. The van der Waals surface area contributed by atoms with E-state index in [-0.39, 0.29) is 5.92 Å². The number of rotatable bonds is 2. The number of sulfone groups is 1. The fourth-order valence-electron chi connectivity index (χ4n) is 2.49. The van der Waals surface area contributed by atoms with Gasteiger partial charge in [0.25, 0.3) is 0 Å². The van der Waals surface area contributed by atoms with Gasteiger partial charge in [-0.05, 0) is 30.9 Å². The van der Waals surface area contributed by atoms with Crippen LogP contribution in [0.3, 0.4) is 0 Å². The van der Waals surface area contributed by atoms with Crippen LogP contribution >= 0.6 is 0 Å². The van der Waals surface area contributed by atoms with Gasteiger partial charge in [-0.15, -0.1) is 0 Å². The number of hydrogen-bond donors (Lipinski definition) is 1. The van der Waals surface area contributed by atoms with Crippen LogP contribution in [0.1, 0.15) is 12.1 Å². The van der Waals surface area contributed by atoms with Crippen LogP contribution in [0, 0.1) is 5.92 Å². The highest BCUT2D eigenvalue weighted by molar-refractivity contribution is 7.91. The van der Waals surface area contributed by atoms with Crippen LogP contribution in [0.15, 0.2) is 24.5 Å². The quantitative estimate of drug-likeness (QED) is 0.875. The Balaban J connectivity index is 1.83. The number of hydrogen-bond acceptors (Lipinski definition) is 4. The van der Waals surface area contributed by atoms with Crippen molar-refractivity contribution in [3.63, 3.8) is 0 Å². The topological polar surface area (TPSA) is 77.5 Å². The Labute approximate surface area is 106 Å². The molecule has 1 atom stereocenters. The number of nitrogen functional groups attached to an aromatic ring is 1. The van der Waals surface area contributed by atoms with Gasteiger partial charge in [-0.25, -0.2) is 13.4 Å². The molecular formula is C12H15N3O2S. The lowest BCUT2D eigenvalue weighted by Crippen LogP contribution is -2.07. The zero-order valence-corrected chi connectivity index (χ0v) is 10.7. The second kappa shape index (κ2) is 3.98. The first-order valence-electron chi connectivity index (χ1n) is 5.95. The second-order valence-electron chi connectivity index (χ2n) is 4.93. The smallest absolute Gasteiger partial charge is 0.150 e. The summed E-state index contributed by atoms with van der Waals surface area (Å²) in [5.41, 5.74) is 8.17. The zero-order valence-electron chi connectivity index (χ0n) is 9.91. The molecule has 0 spiro atoms. The number of anilines is 1. The normalized spacial score (nSPS) is 22.6. The molecule has 2 aromatic heterocycles. The van der Waals surface area contributed by atoms with E-state index in [1.807, 2.05) is 28.9 Å². The van der Waals surface area contributed by atoms with Crippen molar-refractivity contribution in [2.24, 2.45) is 5.92 Å². The predicted octanol–water partition coefficient (Wildman–Crippen LogP) is 0.894. The third-order valence-corrected chi connectivity index (χ3v) is 5.19. The first-order chi connectivity index (χ1) is 8.52. The fourth-order valence-corrected chi connectivity index (χ4v) is 4.35. The minimum Gasteiger partial charge on any atom is -0.398 e. The Bertz CT molecular complexity index is 690. The van der Waals surface area contributed by atoms with Crippen molar-refractivity contribution >= 4 is 21.2 Å². The summed E-state index contributed by atoms with van der Waals surface area (Å²) in [6.07, 6.45) is 5.22. The summed E-state index contributed by atoms with van der Waals surface area (Å²) in [5.74, 6) is 0.818. The number of imidazole rings is 1. The van der Waals surface area contributed by atoms with Crippen molar-refractivity contribution < 1.29 is 8.42 Å². The van der Waals surface area contributed by atoms with Crippen molar-refractivity contribution in [2.45, 2.75) is 12.8 Å². The lowest BCUT2D eigenvalue weighted by atomic mass is 10.0. The Morgan fingerprint density at radius 3 is 2.94 bits per heavy atom. The highest BCUT2D eigenvalue weighted by Gasteiger charge is 2.28. The molecule has 6 heteroatoms. The van der Waals surface area contributed by atoms with Gasteiger partial charge in [-0.3, -0.25) is 0 Å². The molecule has 5 nitrogen and oxygen atoms in total. The molecule has 1 fully saturated rings. The van der Waals surface area contributed by atoms with Gasteiger partial charge in [0.15, 0.2) is 9.84 Å². The largest absolute Gasteiger partial charge is 0.398 e. The Morgan fingerprint density at radius 2 is 2.22 bits per heavy atom. The van der Waals surface area contributed by atoms with Gasteiger partial charge in [0.2, 0.25) is 0 Å². The summed E-state index contributed by atoms with van der Waals surface area (Å²) < 4.78 is 24.7. The molecule has 0 saturated carbocycles. The monoisotopic (exact) mass is 265 g/mol. The lowest BCUT2D eigenvalue weighted by molar-refractivity contribution is 0.578. The Morgan fingerprint density at radius 1 is 1.39 bits per heavy atom. The van der Waals surface area contributed by atoms with Crippen LogP contribution in [0.2, 0.25) is 0 Å². The van der Waals surface area contributed by atoms with Crippen molar-refractivity contribution in [3.05, 3.63) is 30.2 Å². The van der Waals surface area contributed by atoms with Gasteiger partial charge in [0, 0.05) is 18.1 Å². The van der Waals surface area contributed by atoms with Crippen LogP contribution in [-0.4, -0.2) is 29.3 Å². The molecule has 0 radical (unpaired) electrons. The van der Waals surface area contributed by atoms with Crippen LogP contribution in [-0.2, 0) is 16.3 Å². The number of aromatic nitrogens is 2. The van der Waals surface area contributed by atoms with E-state index in [1.165, 1.54) is 0 Å². The number of fused-ring (bicyclic) bond motifs is 1. The molecule has 1 unspecified atom stereocenters. The van der Waals surface area contributed by atoms with Gasteiger partial charge >= 0.3 is 0 Å². The van der Waals surface area contributed by atoms with Crippen LogP contribution < -0.4 is 5.73 Å². The molecule has 3 rings (SSSR count). The van der Waals surface area contributed by atoms with Gasteiger partial charge in [-0.2, -0.15) is 0 Å². The van der Waals surface area contributed by atoms with Crippen LogP contribution in [0.5, 0.6) is 0 Å². The number of nitrogens with zero attached hydrogens (tertiary/aromatic N) is 2. The molecular weight excluding hydrogens is 250 g/mol. The summed E-state index contributed by atoms with van der Waals surface area (Å²) >= 11 is 0. The summed E-state index contributed by atoms with van der Waals surface area (Å²) in [6.45, 7) is 0. The van der Waals surface area contributed by atoms with E-state index in [2.05, 4.69) is 4.98 Å². The van der Waals surface area contributed by atoms with Gasteiger partial charge < -0.3 is 10.1 Å². The van der Waals surface area contributed by atoms with Crippen molar-refractivity contribution in [3.8, 4) is 0 Å². The van der Waals surface area contributed by atoms with E-state index in [4.69, 9.17) is 5.73 Å². The van der Waals surface area contributed by atoms with Crippen molar-refractivity contribution in [2.75, 3.05) is 17.2 Å². The molecule has 1 aliphatic rings. The number of nitrogens with two attached hydrogens (primary N) is 1. The predicted molar refractivity (Wildman–Crippen MR) is 70.1 cm³/mol. The molecule has 18 heavy (non-hydrogen) atoms. The molecule has 0 amide bonds. The zero-order chi connectivity index (χ0) is 12.8. The highest BCUT2D eigenvalue weighted by Crippen LogP contribution is 2.22. The average Bonchev–Trinajstić information content (AvgIpc) is 2.81. The first-order valence-corrected chi connectivity index (χ1v) is 7.77. The summed E-state index contributed by atoms with van der Waals surface area (Å²) in [7, 11) is -2.81. The molecule has 0 bridgehead atoms. The lowest BCUT2D eigenvalue weighted by Gasteiger charge is -2.03. The molecule has 3 heterocycles. The molecule has 1 saturated heterocycles. The van der Waals surface area contributed by atoms with E-state index in [1.54, 1.807) is 0 Å². The summed E-state index contributed by atoms with van der Waals surface area (Å²) in [4.78, 5) is 4.48. The third kappa shape index (κ3) is 2.20. The highest BCUT2D eigenvalue weighted by atomic mass is 32.2. The summed E-state index contributed by atoms with van der Waals surface area (Å²) in [6, 6.07) is 3.68. The van der Waals surface area contributed by atoms with E-state index in [0.717, 1.165) is 24.2 Å². The van der Waals surface area contributed by atoms with Crippen molar-refractivity contribution in [1.82, 2.24) is 9.38 Å². The Hall–Kier alpha value is -1.56. The minimum absolute atomic E-state index is 0.206. The minimum atomic E-state index is -2.81. The fraction of sp³-hybridized carbons (Fsp3) is 0.417. The van der Waals surface area contributed by atoms with E-state index in [0.29, 0.717) is 17.2 Å². The van der Waals surface area contributed by atoms with Crippen molar-refractivity contribution in [1.29, 1.82) is 0 Å². The standard InChI is InChI=1S/C12H15N3O2S/c13-10-1-2-12-14-11(7-15(12)6-10)5-9-3-4-18(16,17)8-9/h1-2,6-7,9H,3-5,8,13H2. The molecule has 1 aliphatic heterocycles. The SMILES string of the molecule is Nc1ccc2nc(CC3CCS(=O)(=O)C3)cn2c1.